The lowest BCUT2D eigenvalue weighted by Gasteiger charge is -2.12. The number of aliphatic hydroxyl groups is 2. The van der Waals surface area contributed by atoms with Crippen molar-refractivity contribution in [3.05, 3.63) is 0 Å². The molecule has 0 aliphatic rings. The summed E-state index contributed by atoms with van der Waals surface area (Å²) in [7, 11) is 0. The molecular weight excluding hydrogens is 262 g/mol. The fraction of sp³-hybridized carbons (Fsp3) is 1.00. The van der Waals surface area contributed by atoms with Crippen molar-refractivity contribution in [2.24, 2.45) is 5.73 Å². The van der Waals surface area contributed by atoms with Crippen LogP contribution in [0.5, 0.6) is 0 Å². The van der Waals surface area contributed by atoms with Gasteiger partial charge in [0, 0.05) is 0 Å². The molecule has 3 nitrogen and oxygen atoms in total. The summed E-state index contributed by atoms with van der Waals surface area (Å²) in [6.07, 6.45) is 18.1. The highest BCUT2D eigenvalue weighted by Crippen LogP contribution is 2.13. The van der Waals surface area contributed by atoms with Crippen LogP contribution in [0, 0.1) is 0 Å². The Kier molecular flexibility index (Phi) is 16.2. The summed E-state index contributed by atoms with van der Waals surface area (Å²) in [5, 5.41) is 17.7. The molecule has 1 atom stereocenters. The molecule has 1 unspecified atom stereocenters. The molecule has 0 aliphatic carbocycles. The zero-order valence-electron chi connectivity index (χ0n) is 14.2. The first-order valence-electron chi connectivity index (χ1n) is 9.30. The second kappa shape index (κ2) is 16.3. The summed E-state index contributed by atoms with van der Waals surface area (Å²) >= 11 is 0. The normalized spacial score (nSPS) is 13.0. The number of unbranched alkanes of at least 4 members (excludes halogenated alkanes) is 13. The number of hydrogen-bond donors (Lipinski definition) is 3. The van der Waals surface area contributed by atoms with Crippen molar-refractivity contribution in [2.45, 2.75) is 116 Å². The van der Waals surface area contributed by atoms with Crippen LogP contribution in [0.25, 0.3) is 0 Å². The standard InChI is InChI=1S/C18H39NO2/c1-2-3-4-5-6-7-8-9-10-11-12-13-14-15-16-17(19)18(20)21/h17-18,20-21H,2-16,19H2,1H3. The van der Waals surface area contributed by atoms with E-state index in [1.807, 2.05) is 0 Å². The molecular formula is C18H39NO2. The second-order valence-corrected chi connectivity index (χ2v) is 6.46. The Morgan fingerprint density at radius 2 is 0.952 bits per heavy atom. The van der Waals surface area contributed by atoms with Gasteiger partial charge in [0.15, 0.2) is 6.29 Å². The van der Waals surface area contributed by atoms with E-state index in [9.17, 15) is 0 Å². The molecule has 0 amide bonds. The molecule has 4 N–H and O–H groups in total. The van der Waals surface area contributed by atoms with Gasteiger partial charge in [0.25, 0.3) is 0 Å². The molecule has 0 radical (unpaired) electrons. The van der Waals surface area contributed by atoms with E-state index in [0.717, 1.165) is 19.3 Å². The van der Waals surface area contributed by atoms with Gasteiger partial charge in [-0.1, -0.05) is 96.8 Å². The lowest BCUT2D eigenvalue weighted by Crippen LogP contribution is -2.34. The smallest absolute Gasteiger partial charge is 0.166 e. The van der Waals surface area contributed by atoms with Crippen LogP contribution in [0.15, 0.2) is 0 Å². The van der Waals surface area contributed by atoms with Crippen LogP contribution in [-0.2, 0) is 0 Å². The van der Waals surface area contributed by atoms with Crippen LogP contribution >= 0.6 is 0 Å². The van der Waals surface area contributed by atoms with E-state index < -0.39 is 12.3 Å². The minimum absolute atomic E-state index is 0.470. The van der Waals surface area contributed by atoms with E-state index >= 15 is 0 Å². The Labute approximate surface area is 132 Å². The van der Waals surface area contributed by atoms with Crippen LogP contribution in [0.4, 0.5) is 0 Å². The van der Waals surface area contributed by atoms with Gasteiger partial charge >= 0.3 is 0 Å². The molecule has 21 heavy (non-hydrogen) atoms. The van der Waals surface area contributed by atoms with E-state index in [0.29, 0.717) is 0 Å². The maximum atomic E-state index is 8.86. The Morgan fingerprint density at radius 3 is 1.29 bits per heavy atom. The first-order valence-corrected chi connectivity index (χ1v) is 9.30. The largest absolute Gasteiger partial charge is 0.367 e. The van der Waals surface area contributed by atoms with Crippen LogP contribution < -0.4 is 5.73 Å². The SMILES string of the molecule is CCCCCCCCCCCCCCCCC(N)C(O)O. The van der Waals surface area contributed by atoms with Gasteiger partial charge in [-0.05, 0) is 6.42 Å². The molecule has 0 aromatic heterocycles. The van der Waals surface area contributed by atoms with E-state index in [1.54, 1.807) is 0 Å². The van der Waals surface area contributed by atoms with Gasteiger partial charge < -0.3 is 15.9 Å². The Morgan fingerprint density at radius 1 is 0.619 bits per heavy atom. The summed E-state index contributed by atoms with van der Waals surface area (Å²) < 4.78 is 0. The van der Waals surface area contributed by atoms with Crippen molar-refractivity contribution in [2.75, 3.05) is 0 Å². The predicted octanol–water partition coefficient (Wildman–Crippen LogP) is 4.50. The Hall–Kier alpha value is -0.120. The molecule has 3 heteroatoms. The average Bonchev–Trinajstić information content (AvgIpc) is 2.47. The lowest BCUT2D eigenvalue weighted by atomic mass is 10.0. The number of hydrogen-bond acceptors (Lipinski definition) is 3. The first-order chi connectivity index (χ1) is 10.2. The predicted molar refractivity (Wildman–Crippen MR) is 91.1 cm³/mol. The summed E-state index contributed by atoms with van der Waals surface area (Å²) in [5.74, 6) is 0. The highest BCUT2D eigenvalue weighted by molar-refractivity contribution is 4.62. The number of rotatable bonds is 16. The Balaban J connectivity index is 3.03. The van der Waals surface area contributed by atoms with Crippen LogP contribution in [0.2, 0.25) is 0 Å². The highest BCUT2D eigenvalue weighted by Gasteiger charge is 2.09. The number of nitrogens with two attached hydrogens (primary N) is 1. The van der Waals surface area contributed by atoms with E-state index in [1.165, 1.54) is 77.0 Å². The zero-order valence-corrected chi connectivity index (χ0v) is 14.2. The Bertz CT molecular complexity index is 198. The average molecular weight is 302 g/mol. The second-order valence-electron chi connectivity index (χ2n) is 6.46. The van der Waals surface area contributed by atoms with Crippen molar-refractivity contribution in [3.8, 4) is 0 Å². The van der Waals surface area contributed by atoms with E-state index in [4.69, 9.17) is 15.9 Å². The van der Waals surface area contributed by atoms with Gasteiger partial charge in [-0.25, -0.2) is 0 Å². The third-order valence-corrected chi connectivity index (χ3v) is 4.27. The third kappa shape index (κ3) is 16.1. The van der Waals surface area contributed by atoms with Gasteiger partial charge in [-0.3, -0.25) is 0 Å². The maximum Gasteiger partial charge on any atom is 0.166 e. The van der Waals surface area contributed by atoms with Gasteiger partial charge in [-0.2, -0.15) is 0 Å². The van der Waals surface area contributed by atoms with Gasteiger partial charge in [-0.15, -0.1) is 0 Å². The molecule has 0 rings (SSSR count). The molecule has 128 valence electrons. The molecule has 0 aromatic rings. The quantitative estimate of drug-likeness (QED) is 0.290. The fourth-order valence-electron chi connectivity index (χ4n) is 2.72. The van der Waals surface area contributed by atoms with Gasteiger partial charge in [0.2, 0.25) is 0 Å². The molecule has 0 saturated heterocycles. The molecule has 0 aromatic carbocycles. The molecule has 0 spiro atoms. The van der Waals surface area contributed by atoms with Crippen molar-refractivity contribution in [1.29, 1.82) is 0 Å². The fourth-order valence-corrected chi connectivity index (χ4v) is 2.72. The lowest BCUT2D eigenvalue weighted by molar-refractivity contribution is -0.0599. The summed E-state index contributed by atoms with van der Waals surface area (Å²) in [5.41, 5.74) is 5.56. The molecule has 0 heterocycles. The minimum atomic E-state index is -1.35. The van der Waals surface area contributed by atoms with Crippen molar-refractivity contribution in [3.63, 3.8) is 0 Å². The molecule has 0 fully saturated rings. The maximum absolute atomic E-state index is 8.86. The first kappa shape index (κ1) is 20.9. The van der Waals surface area contributed by atoms with Gasteiger partial charge in [0.1, 0.15) is 0 Å². The molecule has 0 saturated carbocycles. The minimum Gasteiger partial charge on any atom is -0.367 e. The monoisotopic (exact) mass is 301 g/mol. The summed E-state index contributed by atoms with van der Waals surface area (Å²) in [4.78, 5) is 0. The third-order valence-electron chi connectivity index (χ3n) is 4.27. The highest BCUT2D eigenvalue weighted by atomic mass is 16.5. The van der Waals surface area contributed by atoms with Crippen molar-refractivity contribution >= 4 is 0 Å². The van der Waals surface area contributed by atoms with Crippen molar-refractivity contribution < 1.29 is 10.2 Å². The van der Waals surface area contributed by atoms with Gasteiger partial charge in [0.05, 0.1) is 6.04 Å². The zero-order chi connectivity index (χ0) is 15.8. The van der Waals surface area contributed by atoms with Crippen LogP contribution in [0.1, 0.15) is 103 Å². The van der Waals surface area contributed by atoms with Crippen molar-refractivity contribution in [1.82, 2.24) is 0 Å². The van der Waals surface area contributed by atoms with Crippen LogP contribution in [-0.4, -0.2) is 22.5 Å². The van der Waals surface area contributed by atoms with E-state index in [-0.39, 0.29) is 0 Å². The van der Waals surface area contributed by atoms with Crippen LogP contribution in [0.3, 0.4) is 0 Å². The van der Waals surface area contributed by atoms with E-state index in [2.05, 4.69) is 6.92 Å². The number of aliphatic hydroxyl groups excluding tert-OH is 1. The summed E-state index contributed by atoms with van der Waals surface area (Å²) in [6.45, 7) is 2.27. The summed E-state index contributed by atoms with van der Waals surface area (Å²) in [6, 6.07) is -0.470. The molecule has 0 aliphatic heterocycles. The molecule has 0 bridgehead atoms. The topological polar surface area (TPSA) is 66.5 Å².